The Hall–Kier alpha value is -3.02. The summed E-state index contributed by atoms with van der Waals surface area (Å²) in [6, 6.07) is 17.0. The standard InChI is InChI=1S/C22H26N2O4/c1-28-19-9-5-8-17(15-19)22(12-13-22)24-21(27)23-18(10-11-20(25)26)14-16-6-3-2-4-7-16/h2-9,15,18H,10-14H2,1H3,(H,25,26)(H2,23,24,27). The molecule has 0 aromatic heterocycles. The summed E-state index contributed by atoms with van der Waals surface area (Å²) < 4.78 is 5.28. The van der Waals surface area contributed by atoms with E-state index in [4.69, 9.17) is 9.84 Å². The minimum atomic E-state index is -0.865. The predicted molar refractivity (Wildman–Crippen MR) is 106 cm³/mol. The van der Waals surface area contributed by atoms with Crippen LogP contribution in [0.15, 0.2) is 54.6 Å². The van der Waals surface area contributed by atoms with E-state index in [0.29, 0.717) is 12.8 Å². The van der Waals surface area contributed by atoms with E-state index >= 15 is 0 Å². The van der Waals surface area contributed by atoms with Crippen molar-refractivity contribution in [2.45, 2.75) is 43.7 Å². The van der Waals surface area contributed by atoms with Crippen molar-refractivity contribution in [3.63, 3.8) is 0 Å². The first-order valence-corrected chi connectivity index (χ1v) is 9.50. The van der Waals surface area contributed by atoms with E-state index in [1.54, 1.807) is 7.11 Å². The molecule has 2 aromatic rings. The number of carboxylic acid groups (broad SMARTS) is 1. The smallest absolute Gasteiger partial charge is 0.315 e. The van der Waals surface area contributed by atoms with Crippen LogP contribution in [0.5, 0.6) is 5.75 Å². The molecular weight excluding hydrogens is 356 g/mol. The molecule has 1 atom stereocenters. The van der Waals surface area contributed by atoms with Crippen LogP contribution in [0, 0.1) is 0 Å². The molecule has 0 saturated heterocycles. The summed E-state index contributed by atoms with van der Waals surface area (Å²) in [6.07, 6.45) is 2.72. The summed E-state index contributed by atoms with van der Waals surface area (Å²) in [4.78, 5) is 23.7. The van der Waals surface area contributed by atoms with Gasteiger partial charge in [-0.05, 0) is 48.9 Å². The lowest BCUT2D eigenvalue weighted by Crippen LogP contribution is -2.47. The zero-order chi connectivity index (χ0) is 20.0. The second-order valence-corrected chi connectivity index (χ2v) is 7.23. The number of hydrogen-bond acceptors (Lipinski definition) is 3. The molecule has 6 nitrogen and oxygen atoms in total. The van der Waals surface area contributed by atoms with Crippen molar-refractivity contribution in [3.8, 4) is 5.75 Å². The highest BCUT2D eigenvalue weighted by Gasteiger charge is 2.46. The Balaban J connectivity index is 1.64. The minimum absolute atomic E-state index is 0.0127. The molecule has 3 rings (SSSR count). The summed E-state index contributed by atoms with van der Waals surface area (Å²) in [6.45, 7) is 0. The fraction of sp³-hybridized carbons (Fsp3) is 0.364. The number of carbonyl (C=O) groups is 2. The first-order valence-electron chi connectivity index (χ1n) is 9.50. The summed E-state index contributed by atoms with van der Waals surface area (Å²) in [7, 11) is 1.62. The van der Waals surface area contributed by atoms with E-state index in [-0.39, 0.29) is 24.0 Å². The Bertz CT molecular complexity index is 818. The van der Waals surface area contributed by atoms with Gasteiger partial charge >= 0.3 is 12.0 Å². The van der Waals surface area contributed by atoms with Crippen LogP contribution < -0.4 is 15.4 Å². The number of nitrogens with one attached hydrogen (secondary N) is 2. The quantitative estimate of drug-likeness (QED) is 0.620. The van der Waals surface area contributed by atoms with Gasteiger partial charge in [0.05, 0.1) is 12.6 Å². The molecule has 0 bridgehead atoms. The molecule has 2 amide bonds. The third kappa shape index (κ3) is 5.25. The molecule has 3 N–H and O–H groups in total. The lowest BCUT2D eigenvalue weighted by molar-refractivity contribution is -0.137. The zero-order valence-electron chi connectivity index (χ0n) is 16.0. The number of carbonyl (C=O) groups excluding carboxylic acids is 1. The number of aliphatic carboxylic acids is 1. The number of ether oxygens (including phenoxy) is 1. The highest BCUT2D eigenvalue weighted by molar-refractivity contribution is 5.76. The summed E-state index contributed by atoms with van der Waals surface area (Å²) in [5.74, 6) is -0.107. The van der Waals surface area contributed by atoms with Crippen LogP contribution in [0.3, 0.4) is 0 Å². The summed E-state index contributed by atoms with van der Waals surface area (Å²) in [5, 5.41) is 15.1. The van der Waals surface area contributed by atoms with E-state index in [0.717, 1.165) is 29.7 Å². The molecule has 2 aromatic carbocycles. The molecule has 0 spiro atoms. The van der Waals surface area contributed by atoms with Crippen LogP contribution in [-0.4, -0.2) is 30.3 Å². The van der Waals surface area contributed by atoms with Crippen molar-refractivity contribution >= 4 is 12.0 Å². The second-order valence-electron chi connectivity index (χ2n) is 7.23. The van der Waals surface area contributed by atoms with Gasteiger partial charge in [0.1, 0.15) is 5.75 Å². The Kier molecular flexibility index (Phi) is 6.19. The van der Waals surface area contributed by atoms with Gasteiger partial charge in [-0.15, -0.1) is 0 Å². The summed E-state index contributed by atoms with van der Waals surface area (Å²) in [5.41, 5.74) is 1.71. The van der Waals surface area contributed by atoms with Crippen LogP contribution in [-0.2, 0) is 16.8 Å². The maximum absolute atomic E-state index is 12.7. The van der Waals surface area contributed by atoms with Crippen molar-refractivity contribution in [1.82, 2.24) is 10.6 Å². The number of rotatable bonds is 9. The summed E-state index contributed by atoms with van der Waals surface area (Å²) >= 11 is 0. The van der Waals surface area contributed by atoms with Crippen LogP contribution in [0.4, 0.5) is 4.79 Å². The average molecular weight is 382 g/mol. The third-order valence-corrected chi connectivity index (χ3v) is 5.09. The van der Waals surface area contributed by atoms with Crippen molar-refractivity contribution in [3.05, 3.63) is 65.7 Å². The van der Waals surface area contributed by atoms with E-state index < -0.39 is 5.97 Å². The zero-order valence-corrected chi connectivity index (χ0v) is 16.0. The van der Waals surface area contributed by atoms with Crippen molar-refractivity contribution in [2.24, 2.45) is 0 Å². The highest BCUT2D eigenvalue weighted by Crippen LogP contribution is 2.46. The van der Waals surface area contributed by atoms with Crippen molar-refractivity contribution in [2.75, 3.05) is 7.11 Å². The van der Waals surface area contributed by atoms with E-state index in [1.807, 2.05) is 54.6 Å². The van der Waals surface area contributed by atoms with Crippen molar-refractivity contribution < 1.29 is 19.4 Å². The van der Waals surface area contributed by atoms with Gasteiger partial charge < -0.3 is 20.5 Å². The van der Waals surface area contributed by atoms with Gasteiger partial charge in [-0.1, -0.05) is 42.5 Å². The Morgan fingerprint density at radius 2 is 1.89 bits per heavy atom. The minimum Gasteiger partial charge on any atom is -0.497 e. The molecule has 1 aliphatic rings. The fourth-order valence-corrected chi connectivity index (χ4v) is 3.39. The third-order valence-electron chi connectivity index (χ3n) is 5.09. The Labute approximate surface area is 164 Å². The van der Waals surface area contributed by atoms with Crippen LogP contribution in [0.1, 0.15) is 36.8 Å². The molecular formula is C22H26N2O4. The van der Waals surface area contributed by atoms with Gasteiger partial charge in [0.15, 0.2) is 0 Å². The van der Waals surface area contributed by atoms with Gasteiger partial charge in [0.25, 0.3) is 0 Å². The normalized spacial score (nSPS) is 15.3. The lowest BCUT2D eigenvalue weighted by Gasteiger charge is -2.23. The van der Waals surface area contributed by atoms with Crippen LogP contribution in [0.25, 0.3) is 0 Å². The number of methoxy groups -OCH3 is 1. The van der Waals surface area contributed by atoms with Gasteiger partial charge in [-0.3, -0.25) is 4.79 Å². The molecule has 0 heterocycles. The largest absolute Gasteiger partial charge is 0.497 e. The van der Waals surface area contributed by atoms with Crippen molar-refractivity contribution in [1.29, 1.82) is 0 Å². The topological polar surface area (TPSA) is 87.7 Å². The van der Waals surface area contributed by atoms with Crippen LogP contribution in [0.2, 0.25) is 0 Å². The average Bonchev–Trinajstić information content (AvgIpc) is 3.47. The molecule has 148 valence electrons. The van der Waals surface area contributed by atoms with E-state index in [2.05, 4.69) is 10.6 Å². The number of hydrogen-bond donors (Lipinski definition) is 3. The van der Waals surface area contributed by atoms with Gasteiger partial charge in [0, 0.05) is 12.5 Å². The first-order chi connectivity index (χ1) is 13.5. The number of benzene rings is 2. The maximum atomic E-state index is 12.7. The molecule has 28 heavy (non-hydrogen) atoms. The molecule has 0 aliphatic heterocycles. The molecule has 1 fully saturated rings. The Morgan fingerprint density at radius 3 is 2.54 bits per heavy atom. The van der Waals surface area contributed by atoms with Crippen LogP contribution >= 0.6 is 0 Å². The van der Waals surface area contributed by atoms with E-state index in [1.165, 1.54) is 0 Å². The van der Waals surface area contributed by atoms with E-state index in [9.17, 15) is 9.59 Å². The SMILES string of the molecule is COc1cccc(C2(NC(=O)NC(CCC(=O)O)Cc3ccccc3)CC2)c1. The lowest BCUT2D eigenvalue weighted by atomic mass is 10.0. The van der Waals surface area contributed by atoms with Gasteiger partial charge in [-0.2, -0.15) is 0 Å². The maximum Gasteiger partial charge on any atom is 0.315 e. The molecule has 6 heteroatoms. The molecule has 0 radical (unpaired) electrons. The molecule has 1 aliphatic carbocycles. The highest BCUT2D eigenvalue weighted by atomic mass is 16.5. The number of amides is 2. The number of urea groups is 1. The second kappa shape index (κ2) is 8.78. The molecule has 1 saturated carbocycles. The molecule has 1 unspecified atom stereocenters. The Morgan fingerprint density at radius 1 is 1.14 bits per heavy atom. The number of carboxylic acids is 1. The monoisotopic (exact) mass is 382 g/mol. The van der Waals surface area contributed by atoms with Gasteiger partial charge in [-0.25, -0.2) is 4.79 Å². The predicted octanol–water partition coefficient (Wildman–Crippen LogP) is 3.46. The van der Waals surface area contributed by atoms with Gasteiger partial charge in [0.2, 0.25) is 0 Å². The fourth-order valence-electron chi connectivity index (χ4n) is 3.39. The first kappa shape index (κ1) is 19.7.